The summed E-state index contributed by atoms with van der Waals surface area (Å²) in [5.74, 6) is -0.0860. The standard InChI is InChI=1S/C40H30F2N6O/c41-32-17-10-18-33(42)36(32)37-31(27-21-22-35-43-23-34(47(35)24-27)38-44-39(49-46-38)26-19-20-26)25-48(45-37)40(28-11-4-1-5-12-28,29-13-6-2-7-14-29)30-15-8-3-9-16-30/h1-15,17-18,21-26,30H,16,19-20H2. The summed E-state index contributed by atoms with van der Waals surface area (Å²) in [6.07, 6.45) is 16.8. The minimum Gasteiger partial charge on any atom is -0.339 e. The summed E-state index contributed by atoms with van der Waals surface area (Å²) in [4.78, 5) is 9.22. The van der Waals surface area contributed by atoms with Crippen LogP contribution in [0.3, 0.4) is 0 Å². The van der Waals surface area contributed by atoms with Crippen molar-refractivity contribution in [2.45, 2.75) is 30.7 Å². The van der Waals surface area contributed by atoms with Gasteiger partial charge in [-0.15, -0.1) is 0 Å². The molecule has 4 heterocycles. The van der Waals surface area contributed by atoms with Crippen molar-refractivity contribution in [2.75, 3.05) is 0 Å². The molecule has 2 aliphatic carbocycles. The second-order valence-electron chi connectivity index (χ2n) is 12.6. The lowest BCUT2D eigenvalue weighted by Crippen LogP contribution is -2.43. The van der Waals surface area contributed by atoms with Crippen LogP contribution in [0.25, 0.3) is 39.5 Å². The number of benzene rings is 3. The predicted molar refractivity (Wildman–Crippen MR) is 182 cm³/mol. The van der Waals surface area contributed by atoms with Gasteiger partial charge in [-0.1, -0.05) is 96.2 Å². The van der Waals surface area contributed by atoms with Crippen LogP contribution in [-0.4, -0.2) is 29.3 Å². The quantitative estimate of drug-likeness (QED) is 0.164. The summed E-state index contributed by atoms with van der Waals surface area (Å²) >= 11 is 0. The van der Waals surface area contributed by atoms with E-state index in [2.05, 4.69) is 57.6 Å². The summed E-state index contributed by atoms with van der Waals surface area (Å²) in [7, 11) is 0. The molecular weight excluding hydrogens is 618 g/mol. The number of aromatic nitrogens is 6. The van der Waals surface area contributed by atoms with Gasteiger partial charge in [0.25, 0.3) is 0 Å². The molecular formula is C40H30F2N6O. The van der Waals surface area contributed by atoms with Gasteiger partial charge in [0.2, 0.25) is 11.7 Å². The van der Waals surface area contributed by atoms with Crippen LogP contribution in [0.1, 0.15) is 42.2 Å². The first-order chi connectivity index (χ1) is 24.1. The van der Waals surface area contributed by atoms with Crippen LogP contribution in [-0.2, 0) is 5.54 Å². The zero-order chi connectivity index (χ0) is 33.0. The van der Waals surface area contributed by atoms with E-state index >= 15 is 8.78 Å². The van der Waals surface area contributed by atoms with E-state index in [-0.39, 0.29) is 17.2 Å². The first-order valence-electron chi connectivity index (χ1n) is 16.4. The van der Waals surface area contributed by atoms with Gasteiger partial charge in [0.15, 0.2) is 0 Å². The average molecular weight is 649 g/mol. The molecule has 2 aliphatic rings. The SMILES string of the molecule is Fc1cccc(F)c1-c1nn(C(c2ccccc2)(c2ccccc2)C2C=CC=CC2)cc1-c1ccc2ncc(-c3noc(C4CC4)n3)n2c1. The summed E-state index contributed by atoms with van der Waals surface area (Å²) in [5, 5.41) is 9.41. The topological polar surface area (TPSA) is 74.0 Å². The number of rotatable bonds is 8. The zero-order valence-electron chi connectivity index (χ0n) is 26.3. The highest BCUT2D eigenvalue weighted by Crippen LogP contribution is 2.46. The average Bonchev–Trinajstić information content (AvgIpc) is 3.50. The van der Waals surface area contributed by atoms with Gasteiger partial charge in [-0.05, 0) is 54.7 Å². The molecule has 9 rings (SSSR count). The fourth-order valence-electron chi connectivity index (χ4n) is 7.12. The van der Waals surface area contributed by atoms with E-state index in [0.717, 1.165) is 30.4 Å². The predicted octanol–water partition coefficient (Wildman–Crippen LogP) is 8.99. The minimum absolute atomic E-state index is 0.0741. The zero-order valence-corrected chi connectivity index (χ0v) is 26.3. The molecule has 0 N–H and O–H groups in total. The second-order valence-corrected chi connectivity index (χ2v) is 12.6. The van der Waals surface area contributed by atoms with Crippen molar-refractivity contribution in [1.82, 2.24) is 29.3 Å². The molecule has 1 saturated carbocycles. The van der Waals surface area contributed by atoms with E-state index in [0.29, 0.717) is 40.1 Å². The maximum atomic E-state index is 15.7. The third-order valence-corrected chi connectivity index (χ3v) is 9.63. The van der Waals surface area contributed by atoms with E-state index < -0.39 is 17.2 Å². The molecule has 7 nitrogen and oxygen atoms in total. The van der Waals surface area contributed by atoms with Crippen LogP contribution in [0.5, 0.6) is 0 Å². The number of hydrogen-bond donors (Lipinski definition) is 0. The van der Waals surface area contributed by atoms with Gasteiger partial charge >= 0.3 is 0 Å². The molecule has 0 saturated heterocycles. The molecule has 1 atom stereocenters. The smallest absolute Gasteiger partial charge is 0.230 e. The summed E-state index contributed by atoms with van der Waals surface area (Å²) in [6, 6.07) is 28.1. The molecule has 0 radical (unpaired) electrons. The summed E-state index contributed by atoms with van der Waals surface area (Å²) < 4.78 is 40.8. The Morgan fingerprint density at radius 2 is 1.53 bits per heavy atom. The molecule has 0 spiro atoms. The van der Waals surface area contributed by atoms with Crippen molar-refractivity contribution >= 4 is 5.65 Å². The fourth-order valence-corrected chi connectivity index (χ4v) is 7.12. The molecule has 7 aromatic rings. The number of fused-ring (bicyclic) bond motifs is 1. The number of hydrogen-bond acceptors (Lipinski definition) is 5. The van der Waals surface area contributed by atoms with Gasteiger partial charge < -0.3 is 4.52 Å². The Bertz CT molecular complexity index is 2310. The van der Waals surface area contributed by atoms with Gasteiger partial charge in [0.1, 0.15) is 34.2 Å². The number of imidazole rings is 1. The Hall–Kier alpha value is -5.96. The Balaban J connectivity index is 1.31. The Labute approximate surface area is 280 Å². The maximum absolute atomic E-state index is 15.7. The number of pyridine rings is 1. The summed E-state index contributed by atoms with van der Waals surface area (Å²) in [6.45, 7) is 0. The maximum Gasteiger partial charge on any atom is 0.230 e. The largest absolute Gasteiger partial charge is 0.339 e. The van der Waals surface area contributed by atoms with Crippen molar-refractivity contribution in [3.8, 4) is 33.9 Å². The van der Waals surface area contributed by atoms with Gasteiger partial charge in [-0.2, -0.15) is 10.1 Å². The second kappa shape index (κ2) is 11.6. The minimum atomic E-state index is -0.868. The van der Waals surface area contributed by atoms with Crippen LogP contribution in [0.2, 0.25) is 0 Å². The highest BCUT2D eigenvalue weighted by molar-refractivity contribution is 5.82. The molecule has 240 valence electrons. The van der Waals surface area contributed by atoms with E-state index in [1.165, 1.54) is 18.2 Å². The molecule has 3 aromatic carbocycles. The lowest BCUT2D eigenvalue weighted by atomic mass is 9.70. The highest BCUT2D eigenvalue weighted by atomic mass is 19.1. The van der Waals surface area contributed by atoms with Crippen LogP contribution in [0.15, 0.2) is 138 Å². The first kappa shape index (κ1) is 29.2. The Kier molecular flexibility index (Phi) is 6.93. The van der Waals surface area contributed by atoms with E-state index in [1.807, 2.05) is 76.1 Å². The number of nitrogens with zero attached hydrogens (tertiary/aromatic N) is 6. The van der Waals surface area contributed by atoms with Crippen molar-refractivity contribution in [2.24, 2.45) is 5.92 Å². The molecule has 1 unspecified atom stereocenters. The highest BCUT2D eigenvalue weighted by Gasteiger charge is 2.44. The molecule has 1 fully saturated rings. The van der Waals surface area contributed by atoms with E-state index in [1.54, 1.807) is 6.20 Å². The van der Waals surface area contributed by atoms with Crippen molar-refractivity contribution < 1.29 is 13.3 Å². The monoisotopic (exact) mass is 648 g/mol. The van der Waals surface area contributed by atoms with Crippen molar-refractivity contribution in [3.63, 3.8) is 0 Å². The molecule has 0 aliphatic heterocycles. The van der Waals surface area contributed by atoms with Gasteiger partial charge in [-0.3, -0.25) is 9.08 Å². The molecule has 9 heteroatoms. The third kappa shape index (κ3) is 4.84. The van der Waals surface area contributed by atoms with Gasteiger partial charge in [0, 0.05) is 35.4 Å². The fraction of sp³-hybridized carbons (Fsp3) is 0.150. The van der Waals surface area contributed by atoms with E-state index in [4.69, 9.17) is 9.62 Å². The van der Waals surface area contributed by atoms with Crippen LogP contribution in [0, 0.1) is 17.6 Å². The van der Waals surface area contributed by atoms with Crippen molar-refractivity contribution in [1.29, 1.82) is 0 Å². The molecule has 0 bridgehead atoms. The molecule has 49 heavy (non-hydrogen) atoms. The lowest BCUT2D eigenvalue weighted by Gasteiger charge is -2.41. The third-order valence-electron chi connectivity index (χ3n) is 9.63. The van der Waals surface area contributed by atoms with Crippen molar-refractivity contribution in [3.05, 3.63) is 163 Å². The summed E-state index contributed by atoms with van der Waals surface area (Å²) in [5.41, 5.74) is 3.70. The number of allylic oxidation sites excluding steroid dienone is 4. The Morgan fingerprint density at radius 1 is 0.796 bits per heavy atom. The first-order valence-corrected chi connectivity index (χ1v) is 16.4. The lowest BCUT2D eigenvalue weighted by molar-refractivity contribution is 0.293. The van der Waals surface area contributed by atoms with Crippen LogP contribution < -0.4 is 0 Å². The van der Waals surface area contributed by atoms with Crippen LogP contribution in [0.4, 0.5) is 8.78 Å². The van der Waals surface area contributed by atoms with E-state index in [9.17, 15) is 0 Å². The molecule has 0 amide bonds. The number of halogens is 2. The van der Waals surface area contributed by atoms with Gasteiger partial charge in [-0.25, -0.2) is 13.8 Å². The Morgan fingerprint density at radius 3 is 2.20 bits per heavy atom. The van der Waals surface area contributed by atoms with Gasteiger partial charge in [0.05, 0.1) is 11.8 Å². The van der Waals surface area contributed by atoms with Crippen LogP contribution >= 0.6 is 0 Å². The normalized spacial score (nSPS) is 16.1. The molecule has 4 aromatic heterocycles.